The monoisotopic (exact) mass is 487 g/mol. The maximum atomic E-state index is 12.2. The lowest BCUT2D eigenvalue weighted by Crippen LogP contribution is -2.14. The van der Waals surface area contributed by atoms with Gasteiger partial charge in [-0.15, -0.1) is 21.5 Å². The Hall–Kier alpha value is -2.46. The van der Waals surface area contributed by atoms with Crippen LogP contribution >= 0.6 is 46.0 Å². The molecule has 2 N–H and O–H groups in total. The average Bonchev–Trinajstić information content (AvgIpc) is 3.39. The summed E-state index contributed by atoms with van der Waals surface area (Å²) in [5, 5.41) is 18.7. The third kappa shape index (κ3) is 6.27. The van der Waals surface area contributed by atoms with Gasteiger partial charge in [0.1, 0.15) is 5.01 Å². The number of thioether (sulfide) groups is 1. The summed E-state index contributed by atoms with van der Waals surface area (Å²) in [5.41, 5.74) is 3.61. The van der Waals surface area contributed by atoms with Gasteiger partial charge in [-0.3, -0.25) is 4.79 Å². The van der Waals surface area contributed by atoms with Gasteiger partial charge < -0.3 is 10.6 Å². The standard InChI is InChI=1S/C21H18ClN5OS3/c1-13-7-8-15(9-17(13)22)25-20-26-27-21(31-20)30-12-16-11-29-19(24-16)10-18(28)23-14-5-3-2-4-6-14/h2-9,11H,10,12H2,1H3,(H,23,28)(H,25,26). The van der Waals surface area contributed by atoms with Crippen molar-refractivity contribution in [1.82, 2.24) is 15.2 Å². The molecule has 2 heterocycles. The summed E-state index contributed by atoms with van der Waals surface area (Å²) in [5.74, 6) is 0.595. The molecule has 0 saturated carbocycles. The number of hydrogen-bond donors (Lipinski definition) is 2. The van der Waals surface area contributed by atoms with Crippen LogP contribution in [0.4, 0.5) is 16.5 Å². The third-order valence-corrected chi connectivity index (χ3v) is 7.45. The molecule has 31 heavy (non-hydrogen) atoms. The van der Waals surface area contributed by atoms with Crippen LogP contribution in [-0.4, -0.2) is 21.1 Å². The van der Waals surface area contributed by atoms with Gasteiger partial charge in [0.2, 0.25) is 11.0 Å². The van der Waals surface area contributed by atoms with E-state index in [-0.39, 0.29) is 12.3 Å². The highest BCUT2D eigenvalue weighted by atomic mass is 35.5. The number of aromatic nitrogens is 3. The van der Waals surface area contributed by atoms with E-state index in [0.29, 0.717) is 15.9 Å². The molecule has 4 aromatic rings. The number of thiazole rings is 1. The second-order valence-corrected chi connectivity index (χ2v) is 10.1. The molecular formula is C21H18ClN5OS3. The van der Waals surface area contributed by atoms with Gasteiger partial charge in [-0.2, -0.15) is 0 Å². The van der Waals surface area contributed by atoms with Crippen molar-refractivity contribution in [2.75, 3.05) is 10.6 Å². The van der Waals surface area contributed by atoms with Crippen molar-refractivity contribution in [2.45, 2.75) is 23.4 Å². The van der Waals surface area contributed by atoms with Crippen LogP contribution in [0.25, 0.3) is 0 Å². The minimum absolute atomic E-state index is 0.0733. The number of benzene rings is 2. The van der Waals surface area contributed by atoms with Crippen molar-refractivity contribution in [2.24, 2.45) is 0 Å². The quantitative estimate of drug-likeness (QED) is 0.289. The topological polar surface area (TPSA) is 79.8 Å². The Balaban J connectivity index is 1.27. The molecule has 0 unspecified atom stereocenters. The van der Waals surface area contributed by atoms with Gasteiger partial charge in [-0.1, -0.05) is 59.0 Å². The zero-order valence-corrected chi connectivity index (χ0v) is 19.7. The molecule has 1 amide bonds. The molecular weight excluding hydrogens is 470 g/mol. The van der Waals surface area contributed by atoms with Crippen LogP contribution < -0.4 is 10.6 Å². The third-order valence-electron chi connectivity index (χ3n) is 4.14. The Bertz CT molecular complexity index is 1180. The predicted molar refractivity (Wildman–Crippen MR) is 130 cm³/mol. The van der Waals surface area contributed by atoms with Gasteiger partial charge in [-0.25, -0.2) is 4.98 Å². The van der Waals surface area contributed by atoms with Crippen LogP contribution in [0, 0.1) is 6.92 Å². The Labute approximate surface area is 197 Å². The molecule has 2 aromatic heterocycles. The number of rotatable bonds is 8. The van der Waals surface area contributed by atoms with Gasteiger partial charge in [0.25, 0.3) is 0 Å². The maximum Gasteiger partial charge on any atom is 0.231 e. The molecule has 0 aliphatic rings. The number of anilines is 3. The highest BCUT2D eigenvalue weighted by Crippen LogP contribution is 2.31. The molecule has 0 atom stereocenters. The summed E-state index contributed by atoms with van der Waals surface area (Å²) in [4.78, 5) is 16.7. The molecule has 0 spiro atoms. The first-order chi connectivity index (χ1) is 15.0. The fourth-order valence-electron chi connectivity index (χ4n) is 2.61. The summed E-state index contributed by atoms with van der Waals surface area (Å²) in [7, 11) is 0. The first-order valence-electron chi connectivity index (χ1n) is 9.33. The van der Waals surface area contributed by atoms with E-state index < -0.39 is 0 Å². The number of aryl methyl sites for hydroxylation is 1. The van der Waals surface area contributed by atoms with Crippen molar-refractivity contribution in [1.29, 1.82) is 0 Å². The molecule has 0 aliphatic carbocycles. The molecule has 0 aliphatic heterocycles. The molecule has 0 saturated heterocycles. The van der Waals surface area contributed by atoms with E-state index in [4.69, 9.17) is 11.6 Å². The molecule has 6 nitrogen and oxygen atoms in total. The van der Waals surface area contributed by atoms with Crippen molar-refractivity contribution in [3.8, 4) is 0 Å². The van der Waals surface area contributed by atoms with Crippen LogP contribution in [0.3, 0.4) is 0 Å². The largest absolute Gasteiger partial charge is 0.330 e. The van der Waals surface area contributed by atoms with Crippen molar-refractivity contribution in [3.05, 3.63) is 75.2 Å². The van der Waals surface area contributed by atoms with Gasteiger partial charge in [0.05, 0.1) is 12.1 Å². The maximum absolute atomic E-state index is 12.2. The molecule has 10 heteroatoms. The van der Waals surface area contributed by atoms with Crippen LogP contribution in [0.5, 0.6) is 0 Å². The van der Waals surface area contributed by atoms with Gasteiger partial charge in [0, 0.05) is 27.5 Å². The van der Waals surface area contributed by atoms with Crippen molar-refractivity contribution >= 4 is 68.4 Å². The van der Waals surface area contributed by atoms with E-state index in [0.717, 1.165) is 32.0 Å². The lowest BCUT2D eigenvalue weighted by atomic mass is 10.2. The Morgan fingerprint density at radius 3 is 2.77 bits per heavy atom. The van der Waals surface area contributed by atoms with Crippen LogP contribution in [-0.2, 0) is 17.0 Å². The number of halogens is 1. The summed E-state index contributed by atoms with van der Waals surface area (Å²) in [6.07, 6.45) is 0.260. The van der Waals surface area contributed by atoms with E-state index in [9.17, 15) is 4.79 Å². The fourth-order valence-corrected chi connectivity index (χ4v) is 5.35. The zero-order valence-electron chi connectivity index (χ0n) is 16.5. The summed E-state index contributed by atoms with van der Waals surface area (Å²) in [6.45, 7) is 1.96. The van der Waals surface area contributed by atoms with Crippen LogP contribution in [0.15, 0.2) is 58.3 Å². The van der Waals surface area contributed by atoms with E-state index >= 15 is 0 Å². The number of nitrogens with zero attached hydrogens (tertiary/aromatic N) is 3. The second-order valence-electron chi connectivity index (χ2n) is 6.57. The Morgan fingerprint density at radius 1 is 1.13 bits per heavy atom. The van der Waals surface area contributed by atoms with E-state index in [1.165, 1.54) is 22.7 Å². The van der Waals surface area contributed by atoms with Crippen molar-refractivity contribution < 1.29 is 4.79 Å². The van der Waals surface area contributed by atoms with Crippen LogP contribution in [0.2, 0.25) is 5.02 Å². The van der Waals surface area contributed by atoms with E-state index in [1.807, 2.05) is 60.8 Å². The Morgan fingerprint density at radius 2 is 1.97 bits per heavy atom. The molecule has 158 valence electrons. The first kappa shape index (κ1) is 21.8. The first-order valence-corrected chi connectivity index (χ1v) is 12.4. The highest BCUT2D eigenvalue weighted by molar-refractivity contribution is 8.00. The Kier molecular flexibility index (Phi) is 7.18. The normalized spacial score (nSPS) is 10.8. The number of carbonyl (C=O) groups is 1. The van der Waals surface area contributed by atoms with Gasteiger partial charge >= 0.3 is 0 Å². The number of amides is 1. The molecule has 2 aromatic carbocycles. The molecule has 4 rings (SSSR count). The minimum Gasteiger partial charge on any atom is -0.330 e. The summed E-state index contributed by atoms with van der Waals surface area (Å²) in [6, 6.07) is 15.2. The predicted octanol–water partition coefficient (Wildman–Crippen LogP) is 6.17. The minimum atomic E-state index is -0.0733. The second kappa shape index (κ2) is 10.2. The van der Waals surface area contributed by atoms with Gasteiger partial charge in [0.15, 0.2) is 4.34 Å². The average molecular weight is 488 g/mol. The van der Waals surface area contributed by atoms with E-state index in [1.54, 1.807) is 11.8 Å². The number of hydrogen-bond acceptors (Lipinski definition) is 8. The molecule has 0 bridgehead atoms. The lowest BCUT2D eigenvalue weighted by Gasteiger charge is -2.03. The van der Waals surface area contributed by atoms with E-state index in [2.05, 4.69) is 25.8 Å². The number of carbonyl (C=O) groups excluding carboxylic acids is 1. The molecule has 0 radical (unpaired) electrons. The van der Waals surface area contributed by atoms with Crippen molar-refractivity contribution in [3.63, 3.8) is 0 Å². The SMILES string of the molecule is Cc1ccc(Nc2nnc(SCc3csc(CC(=O)Nc4ccccc4)n3)s2)cc1Cl. The molecule has 0 fully saturated rings. The zero-order chi connectivity index (χ0) is 21.6. The fraction of sp³-hybridized carbons (Fsp3) is 0.143. The number of para-hydroxylation sites is 1. The lowest BCUT2D eigenvalue weighted by molar-refractivity contribution is -0.115. The number of nitrogens with one attached hydrogen (secondary N) is 2. The van der Waals surface area contributed by atoms with Gasteiger partial charge in [-0.05, 0) is 36.8 Å². The smallest absolute Gasteiger partial charge is 0.231 e. The summed E-state index contributed by atoms with van der Waals surface area (Å²) < 4.78 is 0.845. The highest BCUT2D eigenvalue weighted by Gasteiger charge is 2.11. The van der Waals surface area contributed by atoms with Crippen LogP contribution in [0.1, 0.15) is 16.3 Å². The summed E-state index contributed by atoms with van der Waals surface area (Å²) >= 11 is 10.7.